The van der Waals surface area contributed by atoms with Crippen LogP contribution < -0.4 is 10.1 Å². The van der Waals surface area contributed by atoms with Crippen molar-refractivity contribution in [2.75, 3.05) is 31.8 Å². The molecular weight excluding hydrogens is 258 g/mol. The van der Waals surface area contributed by atoms with Crippen molar-refractivity contribution in [3.05, 3.63) is 29.3 Å². The van der Waals surface area contributed by atoms with Gasteiger partial charge in [0.15, 0.2) is 0 Å². The van der Waals surface area contributed by atoms with E-state index in [0.29, 0.717) is 0 Å². The fourth-order valence-electron chi connectivity index (χ4n) is 1.92. The van der Waals surface area contributed by atoms with Crippen molar-refractivity contribution in [2.24, 2.45) is 0 Å². The molecular formula is C15H25NO2S. The van der Waals surface area contributed by atoms with Gasteiger partial charge in [-0.2, -0.15) is 11.8 Å². The molecule has 0 bridgehead atoms. The lowest BCUT2D eigenvalue weighted by Crippen LogP contribution is -2.22. The van der Waals surface area contributed by atoms with Gasteiger partial charge >= 0.3 is 0 Å². The molecule has 0 spiro atoms. The van der Waals surface area contributed by atoms with Crippen LogP contribution >= 0.6 is 11.8 Å². The number of benzene rings is 1. The minimum atomic E-state index is 0.285. The minimum Gasteiger partial charge on any atom is -0.496 e. The molecule has 0 saturated carbocycles. The summed E-state index contributed by atoms with van der Waals surface area (Å²) in [7, 11) is 1.71. The topological polar surface area (TPSA) is 41.5 Å². The van der Waals surface area contributed by atoms with Crippen LogP contribution in [0.25, 0.3) is 0 Å². The number of aliphatic hydroxyl groups excluding tert-OH is 1. The third-order valence-corrected chi connectivity index (χ3v) is 4.07. The molecule has 108 valence electrons. The van der Waals surface area contributed by atoms with Crippen molar-refractivity contribution in [3.8, 4) is 5.75 Å². The van der Waals surface area contributed by atoms with Crippen LogP contribution in [0.2, 0.25) is 0 Å². The van der Waals surface area contributed by atoms with Gasteiger partial charge in [0.25, 0.3) is 0 Å². The summed E-state index contributed by atoms with van der Waals surface area (Å²) in [5.41, 5.74) is 2.46. The fourth-order valence-corrected chi connectivity index (χ4v) is 2.72. The number of aliphatic hydroxyl groups is 1. The Morgan fingerprint density at radius 3 is 2.84 bits per heavy atom. The van der Waals surface area contributed by atoms with Gasteiger partial charge in [0.1, 0.15) is 5.75 Å². The highest BCUT2D eigenvalue weighted by molar-refractivity contribution is 7.99. The third-order valence-electron chi connectivity index (χ3n) is 3.00. The van der Waals surface area contributed by atoms with Crippen molar-refractivity contribution in [3.63, 3.8) is 0 Å². The summed E-state index contributed by atoms with van der Waals surface area (Å²) in [4.78, 5) is 0. The molecule has 0 saturated heterocycles. The smallest absolute Gasteiger partial charge is 0.123 e. The molecule has 1 atom stereocenters. The van der Waals surface area contributed by atoms with Crippen molar-refractivity contribution < 1.29 is 9.84 Å². The van der Waals surface area contributed by atoms with Gasteiger partial charge in [-0.3, -0.25) is 0 Å². The Morgan fingerprint density at radius 1 is 1.37 bits per heavy atom. The molecule has 1 rings (SSSR count). The molecule has 0 heterocycles. The van der Waals surface area contributed by atoms with Crippen molar-refractivity contribution in [2.45, 2.75) is 26.3 Å². The van der Waals surface area contributed by atoms with E-state index in [0.717, 1.165) is 30.2 Å². The highest BCUT2D eigenvalue weighted by Crippen LogP contribution is 2.25. The van der Waals surface area contributed by atoms with Gasteiger partial charge in [0.2, 0.25) is 0 Å². The second kappa shape index (κ2) is 9.23. The maximum Gasteiger partial charge on any atom is 0.123 e. The first-order valence-electron chi connectivity index (χ1n) is 6.75. The molecule has 0 aliphatic rings. The Kier molecular flexibility index (Phi) is 7.94. The Hall–Kier alpha value is -0.710. The van der Waals surface area contributed by atoms with E-state index in [1.54, 1.807) is 7.11 Å². The van der Waals surface area contributed by atoms with E-state index in [1.165, 1.54) is 11.1 Å². The van der Waals surface area contributed by atoms with Crippen LogP contribution in [0, 0.1) is 6.92 Å². The number of rotatable bonds is 9. The zero-order chi connectivity index (χ0) is 14.1. The molecule has 19 heavy (non-hydrogen) atoms. The van der Waals surface area contributed by atoms with Gasteiger partial charge in [-0.1, -0.05) is 17.7 Å². The van der Waals surface area contributed by atoms with E-state index in [-0.39, 0.29) is 12.6 Å². The lowest BCUT2D eigenvalue weighted by atomic mass is 10.0. The standard InChI is InChI=1S/C15H25NO2S/c1-12-5-6-15(18-3)14(11-12)13(2)16-7-10-19-9-4-8-17/h5-6,11,13,16-17H,4,7-10H2,1-3H3. The summed E-state index contributed by atoms with van der Waals surface area (Å²) >= 11 is 1.87. The summed E-state index contributed by atoms with van der Waals surface area (Å²) in [6, 6.07) is 6.56. The van der Waals surface area contributed by atoms with E-state index in [4.69, 9.17) is 9.84 Å². The van der Waals surface area contributed by atoms with Gasteiger partial charge in [0.05, 0.1) is 7.11 Å². The number of thioether (sulfide) groups is 1. The molecule has 4 heteroatoms. The lowest BCUT2D eigenvalue weighted by molar-refractivity contribution is 0.296. The van der Waals surface area contributed by atoms with E-state index in [1.807, 2.05) is 17.8 Å². The minimum absolute atomic E-state index is 0.285. The number of ether oxygens (including phenoxy) is 1. The van der Waals surface area contributed by atoms with E-state index >= 15 is 0 Å². The quantitative estimate of drug-likeness (QED) is 0.684. The van der Waals surface area contributed by atoms with Crippen LogP contribution in [0.15, 0.2) is 18.2 Å². The Balaban J connectivity index is 2.40. The molecule has 3 nitrogen and oxygen atoms in total. The normalized spacial score (nSPS) is 12.4. The SMILES string of the molecule is COc1ccc(C)cc1C(C)NCCSCCCO. The molecule has 2 N–H and O–H groups in total. The summed E-state index contributed by atoms with van der Waals surface area (Å²) in [5.74, 6) is 3.04. The predicted molar refractivity (Wildman–Crippen MR) is 83.2 cm³/mol. The second-order valence-corrected chi connectivity index (χ2v) is 5.84. The number of hydrogen-bond donors (Lipinski definition) is 2. The average Bonchev–Trinajstić information content (AvgIpc) is 2.42. The van der Waals surface area contributed by atoms with Crippen molar-refractivity contribution in [1.82, 2.24) is 5.32 Å². The first-order chi connectivity index (χ1) is 9.19. The average molecular weight is 283 g/mol. The lowest BCUT2D eigenvalue weighted by Gasteiger charge is -2.18. The van der Waals surface area contributed by atoms with Crippen LogP contribution in [0.5, 0.6) is 5.75 Å². The van der Waals surface area contributed by atoms with Gasteiger partial charge in [-0.25, -0.2) is 0 Å². The first-order valence-corrected chi connectivity index (χ1v) is 7.91. The number of aryl methyl sites for hydroxylation is 1. The molecule has 0 fully saturated rings. The highest BCUT2D eigenvalue weighted by atomic mass is 32.2. The van der Waals surface area contributed by atoms with Crippen LogP contribution in [-0.4, -0.2) is 36.9 Å². The Labute approximate surface area is 120 Å². The monoisotopic (exact) mass is 283 g/mol. The van der Waals surface area contributed by atoms with E-state index in [9.17, 15) is 0 Å². The summed E-state index contributed by atoms with van der Waals surface area (Å²) in [6.07, 6.45) is 0.881. The van der Waals surface area contributed by atoms with Crippen LogP contribution in [-0.2, 0) is 0 Å². The zero-order valence-electron chi connectivity index (χ0n) is 12.1. The molecule has 0 aliphatic heterocycles. The summed E-state index contributed by atoms with van der Waals surface area (Å²) in [6.45, 7) is 5.52. The maximum absolute atomic E-state index is 8.70. The number of hydrogen-bond acceptors (Lipinski definition) is 4. The van der Waals surface area contributed by atoms with Gasteiger partial charge in [0, 0.05) is 30.5 Å². The maximum atomic E-state index is 8.70. The van der Waals surface area contributed by atoms with Crippen molar-refractivity contribution >= 4 is 11.8 Å². The Morgan fingerprint density at radius 2 is 2.16 bits per heavy atom. The number of nitrogens with one attached hydrogen (secondary N) is 1. The van der Waals surface area contributed by atoms with Crippen LogP contribution in [0.3, 0.4) is 0 Å². The zero-order valence-corrected chi connectivity index (χ0v) is 12.9. The van der Waals surface area contributed by atoms with E-state index < -0.39 is 0 Å². The molecule has 0 aliphatic carbocycles. The molecule has 1 aromatic rings. The third kappa shape index (κ3) is 5.85. The summed E-state index contributed by atoms with van der Waals surface area (Å²) in [5, 5.41) is 12.2. The van der Waals surface area contributed by atoms with Crippen LogP contribution in [0.1, 0.15) is 30.5 Å². The second-order valence-electron chi connectivity index (χ2n) is 4.61. The molecule has 0 radical (unpaired) electrons. The largest absolute Gasteiger partial charge is 0.496 e. The molecule has 0 aromatic heterocycles. The molecule has 1 unspecified atom stereocenters. The first kappa shape index (κ1) is 16.3. The number of methoxy groups -OCH3 is 1. The fraction of sp³-hybridized carbons (Fsp3) is 0.600. The highest BCUT2D eigenvalue weighted by Gasteiger charge is 2.10. The van der Waals surface area contributed by atoms with Gasteiger partial charge in [-0.05, 0) is 32.1 Å². The Bertz CT molecular complexity index is 371. The predicted octanol–water partition coefficient (Wildman–Crippen LogP) is 2.77. The van der Waals surface area contributed by atoms with Crippen LogP contribution in [0.4, 0.5) is 0 Å². The van der Waals surface area contributed by atoms with Gasteiger partial charge in [-0.15, -0.1) is 0 Å². The van der Waals surface area contributed by atoms with E-state index in [2.05, 4.69) is 31.3 Å². The summed E-state index contributed by atoms with van der Waals surface area (Å²) < 4.78 is 5.41. The van der Waals surface area contributed by atoms with Gasteiger partial charge < -0.3 is 15.2 Å². The molecule has 0 amide bonds. The van der Waals surface area contributed by atoms with Crippen molar-refractivity contribution in [1.29, 1.82) is 0 Å². The molecule has 1 aromatic carbocycles.